The van der Waals surface area contributed by atoms with Gasteiger partial charge in [0, 0.05) is 16.0 Å². The van der Waals surface area contributed by atoms with Crippen molar-refractivity contribution in [2.24, 2.45) is 16.9 Å². The Kier molecular flexibility index (Phi) is 7.32. The molecule has 0 saturated heterocycles. The van der Waals surface area contributed by atoms with Gasteiger partial charge in [0.25, 0.3) is 5.91 Å². The second kappa shape index (κ2) is 9.64. The molecule has 1 heterocycles. The van der Waals surface area contributed by atoms with Gasteiger partial charge in [0.2, 0.25) is 5.91 Å². The minimum Gasteiger partial charge on any atom is -0.382 e. The van der Waals surface area contributed by atoms with E-state index in [-0.39, 0.29) is 0 Å². The summed E-state index contributed by atoms with van der Waals surface area (Å²) in [6.45, 7) is 0.542. The first-order valence-electron chi connectivity index (χ1n) is 9.75. The third-order valence-electron chi connectivity index (χ3n) is 5.22. The van der Waals surface area contributed by atoms with Crippen LogP contribution in [-0.4, -0.2) is 41.5 Å². The van der Waals surface area contributed by atoms with Crippen molar-refractivity contribution in [2.75, 3.05) is 11.6 Å². The zero-order valence-corrected chi connectivity index (χ0v) is 18.4. The Hall–Kier alpha value is -2.36. The molecule has 172 valence electrons. The number of allylic oxidation sites excluding steroid dienone is 4. The molecule has 0 aromatic heterocycles. The molecule has 3 atom stereocenters. The topological polar surface area (TPSA) is 82.0 Å². The largest absolute Gasteiger partial charge is 0.416 e. The summed E-state index contributed by atoms with van der Waals surface area (Å²) < 4.78 is 37.9. The van der Waals surface area contributed by atoms with Crippen LogP contribution in [0.5, 0.6) is 0 Å². The monoisotopic (exact) mass is 489 g/mol. The minimum atomic E-state index is -4.90. The molecule has 3 rings (SSSR count). The van der Waals surface area contributed by atoms with E-state index in [0.29, 0.717) is 34.3 Å². The van der Waals surface area contributed by atoms with Crippen LogP contribution in [0.1, 0.15) is 19.8 Å². The Morgan fingerprint density at radius 1 is 1.31 bits per heavy atom. The van der Waals surface area contributed by atoms with Crippen LogP contribution in [0.3, 0.4) is 0 Å². The van der Waals surface area contributed by atoms with Gasteiger partial charge in [0.15, 0.2) is 6.10 Å². The van der Waals surface area contributed by atoms with Gasteiger partial charge in [-0.15, -0.1) is 0 Å². The summed E-state index contributed by atoms with van der Waals surface area (Å²) in [6, 6.07) is 6.28. The van der Waals surface area contributed by atoms with Crippen LogP contribution >= 0.6 is 23.2 Å². The van der Waals surface area contributed by atoms with E-state index >= 15 is 0 Å². The Morgan fingerprint density at radius 2 is 2.03 bits per heavy atom. The van der Waals surface area contributed by atoms with Gasteiger partial charge >= 0.3 is 6.18 Å². The number of hydrogen-bond donors (Lipinski definition) is 2. The quantitative estimate of drug-likeness (QED) is 0.608. The van der Waals surface area contributed by atoms with Crippen LogP contribution in [-0.2, 0) is 9.59 Å². The van der Waals surface area contributed by atoms with E-state index < -0.39 is 42.5 Å². The van der Waals surface area contributed by atoms with E-state index in [1.54, 1.807) is 37.3 Å². The third kappa shape index (κ3) is 5.33. The number of carbonyl (C=O) groups excluding carboxylic acids is 2. The van der Waals surface area contributed by atoms with Gasteiger partial charge in [-0.3, -0.25) is 9.59 Å². The Bertz CT molecular complexity index is 1010. The lowest BCUT2D eigenvalue weighted by molar-refractivity contribution is -0.202. The van der Waals surface area contributed by atoms with Crippen molar-refractivity contribution in [2.45, 2.75) is 32.0 Å². The maximum absolute atomic E-state index is 13.2. The molecule has 1 aliphatic carbocycles. The molecule has 1 aromatic carbocycles. The molecule has 0 fully saturated rings. The number of nitrogens with one attached hydrogen (secondary N) is 1. The number of anilines is 1. The number of alkyl halides is 3. The molecule has 11 heteroatoms. The minimum absolute atomic E-state index is 0.310. The summed E-state index contributed by atoms with van der Waals surface area (Å²) in [5.41, 5.74) is 1.51. The lowest BCUT2D eigenvalue weighted by Gasteiger charge is -2.34. The van der Waals surface area contributed by atoms with Crippen molar-refractivity contribution < 1.29 is 27.9 Å². The average Bonchev–Trinajstić information content (AvgIpc) is 2.72. The van der Waals surface area contributed by atoms with Crippen LogP contribution in [0, 0.1) is 11.8 Å². The summed E-state index contributed by atoms with van der Waals surface area (Å²) in [6.07, 6.45) is -3.12. The lowest BCUT2D eigenvalue weighted by atomic mass is 9.81. The molecule has 1 aliphatic heterocycles. The van der Waals surface area contributed by atoms with Crippen LogP contribution < -0.4 is 10.3 Å². The zero-order chi connectivity index (χ0) is 23.6. The number of halogens is 5. The van der Waals surface area contributed by atoms with Crippen LogP contribution in [0.25, 0.3) is 0 Å². The van der Waals surface area contributed by atoms with Crippen molar-refractivity contribution in [3.8, 4) is 0 Å². The number of rotatable bonds is 5. The molecule has 0 spiro atoms. The van der Waals surface area contributed by atoms with Crippen molar-refractivity contribution in [3.05, 3.63) is 52.0 Å². The second-order valence-corrected chi connectivity index (χ2v) is 8.41. The number of nitrogens with zero attached hydrogens (tertiary/aromatic N) is 2. The maximum atomic E-state index is 13.2. The number of hydrazone groups is 1. The van der Waals surface area contributed by atoms with Gasteiger partial charge in [-0.05, 0) is 42.7 Å². The van der Waals surface area contributed by atoms with Crippen molar-refractivity contribution in [1.82, 2.24) is 5.32 Å². The number of hydrogen-bond acceptors (Lipinski definition) is 4. The molecule has 2 aliphatic rings. The van der Waals surface area contributed by atoms with E-state index in [1.165, 1.54) is 6.07 Å². The van der Waals surface area contributed by atoms with E-state index in [2.05, 4.69) is 5.10 Å². The molecule has 0 saturated carbocycles. The van der Waals surface area contributed by atoms with Crippen LogP contribution in [0.4, 0.5) is 18.9 Å². The first-order valence-corrected chi connectivity index (χ1v) is 10.5. The second-order valence-electron chi connectivity index (χ2n) is 7.49. The fraction of sp³-hybridized carbons (Fsp3) is 0.381. The van der Waals surface area contributed by atoms with Crippen molar-refractivity contribution >= 4 is 46.4 Å². The highest BCUT2D eigenvalue weighted by Crippen LogP contribution is 2.34. The normalized spacial score (nSPS) is 22.7. The van der Waals surface area contributed by atoms with Gasteiger partial charge in [0.05, 0.1) is 17.9 Å². The highest BCUT2D eigenvalue weighted by Gasteiger charge is 2.44. The fourth-order valence-electron chi connectivity index (χ4n) is 3.49. The lowest BCUT2D eigenvalue weighted by Crippen LogP contribution is -2.52. The number of amides is 2. The predicted octanol–water partition coefficient (Wildman–Crippen LogP) is 4.18. The molecule has 32 heavy (non-hydrogen) atoms. The Balaban J connectivity index is 1.96. The summed E-state index contributed by atoms with van der Waals surface area (Å²) in [5.74, 6) is -3.73. The standard InChI is InChI=1S/C21H20Cl2F3N3O3/c1-11-17(19(31)27-10-16(30)21(24,25)26)20(32)29(15-4-2-3-14(23)9-15)28-18(11)12-5-7-13(22)8-6-12/h2-5,7,9,11,16-17,30H,6,8,10H2,1H3,(H,27,31). The highest BCUT2D eigenvalue weighted by molar-refractivity contribution is 6.31. The summed E-state index contributed by atoms with van der Waals surface area (Å²) in [4.78, 5) is 26.0. The van der Waals surface area contributed by atoms with Gasteiger partial charge in [0.1, 0.15) is 5.92 Å². The number of carbonyl (C=O) groups is 2. The SMILES string of the molecule is CC1C(C2=CC=C(Cl)CC2)=NN(c2cccc(Cl)c2)C(=O)C1C(=O)NCC(O)C(F)(F)F. The van der Waals surface area contributed by atoms with Crippen LogP contribution in [0.2, 0.25) is 5.02 Å². The van der Waals surface area contributed by atoms with E-state index in [9.17, 15) is 27.9 Å². The van der Waals surface area contributed by atoms with E-state index in [4.69, 9.17) is 23.2 Å². The average molecular weight is 490 g/mol. The zero-order valence-electron chi connectivity index (χ0n) is 16.9. The summed E-state index contributed by atoms with van der Waals surface area (Å²) in [7, 11) is 0. The highest BCUT2D eigenvalue weighted by atomic mass is 35.5. The van der Waals surface area contributed by atoms with E-state index in [0.717, 1.165) is 10.6 Å². The van der Waals surface area contributed by atoms with Crippen molar-refractivity contribution in [1.29, 1.82) is 0 Å². The number of aliphatic hydroxyl groups excluding tert-OH is 1. The summed E-state index contributed by atoms with van der Waals surface area (Å²) >= 11 is 12.1. The van der Waals surface area contributed by atoms with Gasteiger partial charge in [-0.1, -0.05) is 42.3 Å². The first-order chi connectivity index (χ1) is 15.0. The molecule has 2 N–H and O–H groups in total. The maximum Gasteiger partial charge on any atom is 0.416 e. The molecule has 0 radical (unpaired) electrons. The fourth-order valence-corrected chi connectivity index (χ4v) is 3.83. The van der Waals surface area contributed by atoms with Gasteiger partial charge < -0.3 is 10.4 Å². The van der Waals surface area contributed by atoms with Crippen molar-refractivity contribution in [3.63, 3.8) is 0 Å². The Labute approximate surface area is 192 Å². The van der Waals surface area contributed by atoms with E-state index in [1.807, 2.05) is 5.32 Å². The molecule has 1 aromatic rings. The number of aliphatic hydroxyl groups is 1. The molecule has 3 unspecified atom stereocenters. The molecular weight excluding hydrogens is 470 g/mol. The molecule has 0 bridgehead atoms. The first kappa shape index (κ1) is 24.3. The number of benzene rings is 1. The smallest absolute Gasteiger partial charge is 0.382 e. The van der Waals surface area contributed by atoms with Gasteiger partial charge in [-0.2, -0.15) is 23.3 Å². The van der Waals surface area contributed by atoms with Crippen LogP contribution in [0.15, 0.2) is 52.1 Å². The molecule has 6 nitrogen and oxygen atoms in total. The predicted molar refractivity (Wildman–Crippen MR) is 115 cm³/mol. The molecule has 2 amide bonds. The van der Waals surface area contributed by atoms with Gasteiger partial charge in [-0.25, -0.2) is 0 Å². The Morgan fingerprint density at radius 3 is 2.62 bits per heavy atom. The summed E-state index contributed by atoms with van der Waals surface area (Å²) in [5, 5.41) is 17.7. The molecular formula is C21H20Cl2F3N3O3. The third-order valence-corrected chi connectivity index (χ3v) is 5.77.